The molecular formula is C24H26BrN3O3. The fourth-order valence-corrected chi connectivity index (χ4v) is 3.58. The molecule has 0 aliphatic carbocycles. The van der Waals surface area contributed by atoms with Gasteiger partial charge in [0.25, 0.3) is 5.56 Å². The maximum absolute atomic E-state index is 13.0. The number of nitrogens with zero attached hydrogens (tertiary/aromatic N) is 3. The molecule has 0 N–H and O–H groups in total. The Labute approximate surface area is 190 Å². The summed E-state index contributed by atoms with van der Waals surface area (Å²) in [7, 11) is 0. The highest BCUT2D eigenvalue weighted by Gasteiger charge is 2.14. The van der Waals surface area contributed by atoms with Crippen LogP contribution in [0.5, 0.6) is 11.5 Å². The largest absolute Gasteiger partial charge is 0.490 e. The molecule has 0 unspecified atom stereocenters. The lowest BCUT2D eigenvalue weighted by atomic mass is 10.1. The minimum absolute atomic E-state index is 0.00603. The zero-order chi connectivity index (χ0) is 22.5. The van der Waals surface area contributed by atoms with Crippen molar-refractivity contribution in [1.29, 1.82) is 0 Å². The van der Waals surface area contributed by atoms with Crippen LogP contribution in [0.1, 0.15) is 37.7 Å². The number of ether oxygens (including phenoxy) is 2. The van der Waals surface area contributed by atoms with Crippen molar-refractivity contribution in [3.05, 3.63) is 74.8 Å². The van der Waals surface area contributed by atoms with Gasteiger partial charge in [-0.1, -0.05) is 22.0 Å². The Balaban J connectivity index is 2.09. The second kappa shape index (κ2) is 9.92. The van der Waals surface area contributed by atoms with Gasteiger partial charge in [-0.15, -0.1) is 6.58 Å². The molecule has 0 bridgehead atoms. The molecule has 2 aromatic carbocycles. The fraction of sp³-hybridized carbons (Fsp3) is 0.292. The number of aromatic nitrogens is 2. The minimum Gasteiger partial charge on any atom is -0.490 e. The van der Waals surface area contributed by atoms with Gasteiger partial charge in [-0.05, 0) is 70.0 Å². The third kappa shape index (κ3) is 5.22. The van der Waals surface area contributed by atoms with Crippen molar-refractivity contribution in [2.45, 2.75) is 40.2 Å². The van der Waals surface area contributed by atoms with E-state index < -0.39 is 0 Å². The zero-order valence-corrected chi connectivity index (χ0v) is 19.8. The molecule has 0 aliphatic rings. The number of rotatable bonds is 8. The molecular weight excluding hydrogens is 458 g/mol. The summed E-state index contributed by atoms with van der Waals surface area (Å²) < 4.78 is 14.0. The van der Waals surface area contributed by atoms with Crippen molar-refractivity contribution in [3.8, 4) is 11.5 Å². The quantitative estimate of drug-likeness (QED) is 0.323. The van der Waals surface area contributed by atoms with Gasteiger partial charge in [-0.2, -0.15) is 9.78 Å². The summed E-state index contributed by atoms with van der Waals surface area (Å²) in [5.74, 6) is 1.85. The Morgan fingerprint density at radius 1 is 1.29 bits per heavy atom. The normalized spacial score (nSPS) is 11.4. The maximum Gasteiger partial charge on any atom is 0.282 e. The standard InChI is InChI=1S/C24H26BrN3O3/c1-6-8-18-11-17(12-22(30-7-2)23(18)31-15(3)4)14-26-28-16(5)27-21-10-9-19(25)13-20(21)24(28)29/h6,9-15H,1,7-8H2,2-5H3. The van der Waals surface area contributed by atoms with Crippen LogP contribution in [-0.2, 0) is 6.42 Å². The van der Waals surface area contributed by atoms with E-state index in [1.807, 2.05) is 51.1 Å². The van der Waals surface area contributed by atoms with Gasteiger partial charge in [0.15, 0.2) is 11.5 Å². The molecule has 0 atom stereocenters. The van der Waals surface area contributed by atoms with Gasteiger partial charge in [0, 0.05) is 10.0 Å². The van der Waals surface area contributed by atoms with Gasteiger partial charge >= 0.3 is 0 Å². The highest BCUT2D eigenvalue weighted by molar-refractivity contribution is 9.10. The first-order valence-electron chi connectivity index (χ1n) is 10.1. The van der Waals surface area contributed by atoms with E-state index in [1.165, 1.54) is 4.68 Å². The summed E-state index contributed by atoms with van der Waals surface area (Å²) in [6.45, 7) is 12.0. The molecule has 0 amide bonds. The molecule has 0 radical (unpaired) electrons. The average Bonchev–Trinajstić information content (AvgIpc) is 2.71. The Kier molecular flexibility index (Phi) is 7.28. The third-order valence-corrected chi connectivity index (χ3v) is 4.96. The molecule has 0 fully saturated rings. The first kappa shape index (κ1) is 22.7. The summed E-state index contributed by atoms with van der Waals surface area (Å²) in [5, 5.41) is 4.93. The highest BCUT2D eigenvalue weighted by atomic mass is 79.9. The predicted molar refractivity (Wildman–Crippen MR) is 129 cm³/mol. The lowest BCUT2D eigenvalue weighted by molar-refractivity contribution is 0.222. The molecule has 3 aromatic rings. The molecule has 0 saturated heterocycles. The summed E-state index contributed by atoms with van der Waals surface area (Å²) in [4.78, 5) is 17.5. The van der Waals surface area contributed by atoms with Crippen LogP contribution in [0.4, 0.5) is 0 Å². The van der Waals surface area contributed by atoms with Crippen LogP contribution in [0, 0.1) is 6.92 Å². The van der Waals surface area contributed by atoms with E-state index in [9.17, 15) is 4.79 Å². The topological polar surface area (TPSA) is 65.7 Å². The van der Waals surface area contributed by atoms with Crippen LogP contribution in [0.15, 0.2) is 57.4 Å². The van der Waals surface area contributed by atoms with E-state index in [2.05, 4.69) is 32.6 Å². The minimum atomic E-state index is -0.226. The first-order valence-corrected chi connectivity index (χ1v) is 10.9. The second-order valence-corrected chi connectivity index (χ2v) is 8.20. The molecule has 7 heteroatoms. The SMILES string of the molecule is C=CCc1cc(C=Nn2c(C)nc3ccc(Br)cc3c2=O)cc(OCC)c1OC(C)C. The van der Waals surface area contributed by atoms with E-state index in [4.69, 9.17) is 9.47 Å². The Bertz CT molecular complexity index is 1200. The van der Waals surface area contributed by atoms with Gasteiger partial charge in [-0.3, -0.25) is 4.79 Å². The summed E-state index contributed by atoms with van der Waals surface area (Å²) in [6.07, 6.45) is 4.08. The number of hydrogen-bond donors (Lipinski definition) is 0. The number of benzene rings is 2. The summed E-state index contributed by atoms with van der Waals surface area (Å²) in [6, 6.07) is 9.26. The predicted octanol–water partition coefficient (Wildman–Crippen LogP) is 5.26. The van der Waals surface area contributed by atoms with Gasteiger partial charge < -0.3 is 9.47 Å². The van der Waals surface area contributed by atoms with E-state index in [0.717, 1.165) is 15.6 Å². The van der Waals surface area contributed by atoms with Crippen molar-refractivity contribution in [3.63, 3.8) is 0 Å². The second-order valence-electron chi connectivity index (χ2n) is 7.28. The van der Waals surface area contributed by atoms with E-state index in [-0.39, 0.29) is 11.7 Å². The van der Waals surface area contributed by atoms with Crippen LogP contribution in [0.25, 0.3) is 10.9 Å². The Morgan fingerprint density at radius 3 is 2.74 bits per heavy atom. The smallest absolute Gasteiger partial charge is 0.282 e. The van der Waals surface area contributed by atoms with Crippen LogP contribution in [0.3, 0.4) is 0 Å². The van der Waals surface area contributed by atoms with Crippen molar-refractivity contribution < 1.29 is 9.47 Å². The van der Waals surface area contributed by atoms with Crippen LogP contribution in [-0.4, -0.2) is 28.6 Å². The molecule has 6 nitrogen and oxygen atoms in total. The monoisotopic (exact) mass is 483 g/mol. The molecule has 0 aliphatic heterocycles. The van der Waals surface area contributed by atoms with E-state index in [0.29, 0.717) is 41.3 Å². The molecule has 0 saturated carbocycles. The molecule has 3 rings (SSSR count). The zero-order valence-electron chi connectivity index (χ0n) is 18.2. The summed E-state index contributed by atoms with van der Waals surface area (Å²) >= 11 is 3.41. The van der Waals surface area contributed by atoms with Crippen molar-refractivity contribution in [1.82, 2.24) is 9.66 Å². The lowest BCUT2D eigenvalue weighted by Crippen LogP contribution is -2.20. The number of halogens is 1. The molecule has 0 spiro atoms. The lowest BCUT2D eigenvalue weighted by Gasteiger charge is -2.18. The van der Waals surface area contributed by atoms with E-state index in [1.54, 1.807) is 19.2 Å². The van der Waals surface area contributed by atoms with Gasteiger partial charge in [-0.25, -0.2) is 4.98 Å². The molecule has 1 aromatic heterocycles. The van der Waals surface area contributed by atoms with Gasteiger partial charge in [0.05, 0.1) is 29.8 Å². The third-order valence-electron chi connectivity index (χ3n) is 4.46. The Hall–Kier alpha value is -2.93. The number of hydrogen-bond acceptors (Lipinski definition) is 5. The number of aryl methyl sites for hydroxylation is 1. The van der Waals surface area contributed by atoms with Gasteiger partial charge in [0.1, 0.15) is 5.82 Å². The highest BCUT2D eigenvalue weighted by Crippen LogP contribution is 2.34. The first-order chi connectivity index (χ1) is 14.8. The fourth-order valence-electron chi connectivity index (χ4n) is 3.22. The summed E-state index contributed by atoms with van der Waals surface area (Å²) in [5.41, 5.74) is 2.15. The molecule has 31 heavy (non-hydrogen) atoms. The van der Waals surface area contributed by atoms with Crippen molar-refractivity contribution >= 4 is 33.0 Å². The van der Waals surface area contributed by atoms with E-state index >= 15 is 0 Å². The average molecular weight is 484 g/mol. The maximum atomic E-state index is 13.0. The Morgan fingerprint density at radius 2 is 2.06 bits per heavy atom. The van der Waals surface area contributed by atoms with Gasteiger partial charge in [0.2, 0.25) is 0 Å². The van der Waals surface area contributed by atoms with Crippen molar-refractivity contribution in [2.24, 2.45) is 5.10 Å². The number of fused-ring (bicyclic) bond motifs is 1. The number of allylic oxidation sites excluding steroid dienone is 1. The molecule has 1 heterocycles. The van der Waals surface area contributed by atoms with Crippen LogP contribution < -0.4 is 15.0 Å². The van der Waals surface area contributed by atoms with Crippen LogP contribution >= 0.6 is 15.9 Å². The molecule has 162 valence electrons. The van der Waals surface area contributed by atoms with Crippen molar-refractivity contribution in [2.75, 3.05) is 6.61 Å². The van der Waals surface area contributed by atoms with Crippen LogP contribution in [0.2, 0.25) is 0 Å².